The molecule has 1 fully saturated rings. The number of phosphoric acid groups is 1. The van der Waals surface area contributed by atoms with Crippen molar-refractivity contribution in [3.8, 4) is 17.2 Å². The highest BCUT2D eigenvalue weighted by atomic mass is 31.2. The van der Waals surface area contributed by atoms with Crippen molar-refractivity contribution in [2.24, 2.45) is 0 Å². The summed E-state index contributed by atoms with van der Waals surface area (Å²) in [4.78, 5) is 35.1. The monoisotopic (exact) mass is 605 g/mol. The van der Waals surface area contributed by atoms with Gasteiger partial charge in [-0.1, -0.05) is 0 Å². The molecule has 1 aliphatic heterocycles. The number of H-pyrrole nitrogens is 1. The lowest BCUT2D eigenvalue weighted by atomic mass is 9.86. The van der Waals surface area contributed by atoms with Crippen LogP contribution in [0.25, 0.3) is 11.1 Å². The SMILES string of the molecule is Cc1n[nH]c(C)c1-c1cnn(C2(CC#N)CN(c3cc(F)c(C(=O)N[C@@H](C)C(F)(F)F)cc3F)C2)c1.O=P(O)(O)O. The number of nitrogens with one attached hydrogen (secondary N) is 2. The van der Waals surface area contributed by atoms with Crippen LogP contribution in [0, 0.1) is 36.8 Å². The molecule has 1 atom stereocenters. The minimum absolute atomic E-state index is 0.0495. The van der Waals surface area contributed by atoms with E-state index in [9.17, 15) is 32.0 Å². The second-order valence-electron chi connectivity index (χ2n) is 9.43. The third-order valence-corrected chi connectivity index (χ3v) is 6.32. The molecule has 1 aliphatic rings. The number of rotatable bonds is 6. The molecule has 5 N–H and O–H groups in total. The smallest absolute Gasteiger partial charge is 0.364 e. The first-order valence-corrected chi connectivity index (χ1v) is 13.3. The van der Waals surface area contributed by atoms with Gasteiger partial charge in [-0.2, -0.15) is 28.6 Å². The van der Waals surface area contributed by atoms with E-state index in [1.54, 1.807) is 22.4 Å². The highest BCUT2D eigenvalue weighted by Gasteiger charge is 2.47. The number of carbonyl (C=O) groups is 1. The normalized spacial score (nSPS) is 15.3. The van der Waals surface area contributed by atoms with Crippen molar-refractivity contribution >= 4 is 19.4 Å². The molecule has 222 valence electrons. The molecule has 3 heterocycles. The summed E-state index contributed by atoms with van der Waals surface area (Å²) in [6, 6.07) is 1.22. The summed E-state index contributed by atoms with van der Waals surface area (Å²) in [7, 11) is -4.64. The van der Waals surface area contributed by atoms with Crippen LogP contribution in [0.3, 0.4) is 0 Å². The van der Waals surface area contributed by atoms with Gasteiger partial charge in [-0.25, -0.2) is 13.3 Å². The Balaban J connectivity index is 0.000000850. The van der Waals surface area contributed by atoms with Crippen LogP contribution in [0.2, 0.25) is 0 Å². The van der Waals surface area contributed by atoms with E-state index in [1.807, 2.05) is 13.8 Å². The van der Waals surface area contributed by atoms with E-state index in [2.05, 4.69) is 21.4 Å². The van der Waals surface area contributed by atoms with Crippen molar-refractivity contribution in [3.05, 3.63) is 53.1 Å². The maximum Gasteiger partial charge on any atom is 0.466 e. The Kier molecular flexibility index (Phi) is 8.94. The van der Waals surface area contributed by atoms with Gasteiger partial charge in [0, 0.05) is 42.2 Å². The van der Waals surface area contributed by atoms with Crippen molar-refractivity contribution in [3.63, 3.8) is 0 Å². The topological polar surface area (TPSA) is 180 Å². The molecule has 4 rings (SSSR count). The summed E-state index contributed by atoms with van der Waals surface area (Å²) in [5.74, 6) is -3.51. The number of aromatic amines is 1. The number of benzene rings is 1. The van der Waals surface area contributed by atoms with E-state index in [0.717, 1.165) is 28.6 Å². The number of amides is 1. The second kappa shape index (κ2) is 11.6. The van der Waals surface area contributed by atoms with Crippen molar-refractivity contribution in [1.82, 2.24) is 25.3 Å². The number of hydrogen-bond acceptors (Lipinski definition) is 6. The molecule has 2 aromatic heterocycles. The molecule has 3 aromatic rings. The van der Waals surface area contributed by atoms with E-state index in [-0.39, 0.29) is 25.2 Å². The zero-order valence-corrected chi connectivity index (χ0v) is 22.6. The van der Waals surface area contributed by atoms with E-state index in [0.29, 0.717) is 13.0 Å². The maximum absolute atomic E-state index is 14.8. The predicted octanol–water partition coefficient (Wildman–Crippen LogP) is 3.05. The first kappa shape index (κ1) is 31.7. The molecule has 0 saturated carbocycles. The third kappa shape index (κ3) is 7.27. The van der Waals surface area contributed by atoms with E-state index < -0.39 is 48.7 Å². The number of hydrogen-bond donors (Lipinski definition) is 5. The highest BCUT2D eigenvalue weighted by Crippen LogP contribution is 2.39. The van der Waals surface area contributed by atoms with Gasteiger partial charge >= 0.3 is 14.0 Å². The minimum atomic E-state index is -4.73. The fourth-order valence-electron chi connectivity index (χ4n) is 4.32. The van der Waals surface area contributed by atoms with E-state index in [1.165, 1.54) is 4.90 Å². The van der Waals surface area contributed by atoms with Crippen LogP contribution < -0.4 is 10.2 Å². The Bertz CT molecular complexity index is 1490. The molecule has 0 aliphatic carbocycles. The van der Waals surface area contributed by atoms with Crippen LogP contribution in [0.1, 0.15) is 35.1 Å². The number of nitrogens with zero attached hydrogens (tertiary/aromatic N) is 5. The van der Waals surface area contributed by atoms with Gasteiger partial charge in [0.15, 0.2) is 0 Å². The summed E-state index contributed by atoms with van der Waals surface area (Å²) >= 11 is 0. The highest BCUT2D eigenvalue weighted by molar-refractivity contribution is 7.45. The standard InChI is InChI=1S/C23H22F5N7O.H3O4P/c1-12-20(13(2)33-32-12)15-8-30-35(9-15)22(4-5-29)10-34(11-22)19-7-17(24)16(6-18(19)25)21(36)31-14(3)23(26,27)28;1-5(2,3)4/h6-9,14H,4,10-11H2,1-3H3,(H,31,36)(H,32,33);(H3,1,2,3,4)/t14-;/m0./s1. The lowest BCUT2D eigenvalue weighted by molar-refractivity contribution is -0.149. The largest absolute Gasteiger partial charge is 0.466 e. The molecule has 1 aromatic carbocycles. The molecule has 41 heavy (non-hydrogen) atoms. The number of halogens is 5. The Labute approximate surface area is 229 Å². The third-order valence-electron chi connectivity index (χ3n) is 6.32. The average molecular weight is 605 g/mol. The van der Waals surface area contributed by atoms with Crippen molar-refractivity contribution < 1.29 is 46.0 Å². The van der Waals surface area contributed by atoms with Gasteiger partial charge in [-0.3, -0.25) is 14.6 Å². The maximum atomic E-state index is 14.8. The minimum Gasteiger partial charge on any atom is -0.364 e. The fraction of sp³-hybridized carbons (Fsp3) is 0.391. The van der Waals surface area contributed by atoms with Gasteiger partial charge in [0.1, 0.15) is 23.2 Å². The molecule has 1 saturated heterocycles. The van der Waals surface area contributed by atoms with Crippen LogP contribution in [-0.2, 0) is 10.1 Å². The van der Waals surface area contributed by atoms with E-state index >= 15 is 0 Å². The lowest BCUT2D eigenvalue weighted by Crippen LogP contribution is -2.63. The summed E-state index contributed by atoms with van der Waals surface area (Å²) in [6.45, 7) is 4.66. The zero-order chi connectivity index (χ0) is 30.9. The summed E-state index contributed by atoms with van der Waals surface area (Å²) in [5, 5.41) is 22.5. The molecule has 1 amide bonds. The van der Waals surface area contributed by atoms with Gasteiger partial charge in [-0.05, 0) is 26.8 Å². The summed E-state index contributed by atoms with van der Waals surface area (Å²) < 4.78 is 78.1. The molecule has 0 radical (unpaired) electrons. The van der Waals surface area contributed by atoms with Crippen LogP contribution in [-0.4, -0.2) is 65.9 Å². The predicted molar refractivity (Wildman–Crippen MR) is 133 cm³/mol. The fourth-order valence-corrected chi connectivity index (χ4v) is 4.32. The van der Waals surface area contributed by atoms with Crippen molar-refractivity contribution in [2.45, 2.75) is 44.9 Å². The quantitative estimate of drug-likeness (QED) is 0.209. The lowest BCUT2D eigenvalue weighted by Gasteiger charge is -2.50. The van der Waals surface area contributed by atoms with Crippen LogP contribution >= 0.6 is 7.82 Å². The number of carbonyl (C=O) groups excluding carboxylic acids is 1. The second-order valence-corrected chi connectivity index (χ2v) is 10.5. The van der Waals surface area contributed by atoms with Gasteiger partial charge in [0.05, 0.1) is 35.6 Å². The van der Waals surface area contributed by atoms with Gasteiger partial charge < -0.3 is 24.9 Å². The van der Waals surface area contributed by atoms with Gasteiger partial charge in [0.2, 0.25) is 0 Å². The number of nitriles is 1. The Morgan fingerprint density at radius 3 is 2.37 bits per heavy atom. The Morgan fingerprint density at radius 2 is 1.85 bits per heavy atom. The zero-order valence-electron chi connectivity index (χ0n) is 21.7. The summed E-state index contributed by atoms with van der Waals surface area (Å²) in [5.41, 5.74) is 1.49. The molecule has 0 bridgehead atoms. The van der Waals surface area contributed by atoms with Crippen molar-refractivity contribution in [1.29, 1.82) is 5.26 Å². The van der Waals surface area contributed by atoms with Gasteiger partial charge in [0.25, 0.3) is 5.91 Å². The Hall–Kier alpha value is -3.84. The molecular weight excluding hydrogens is 580 g/mol. The molecule has 12 nitrogen and oxygen atoms in total. The molecular formula is C23H25F5N7O5P. The van der Waals surface area contributed by atoms with Crippen molar-refractivity contribution in [2.75, 3.05) is 18.0 Å². The molecule has 0 spiro atoms. The summed E-state index contributed by atoms with van der Waals surface area (Å²) in [6.07, 6.45) is -1.27. The first-order valence-electron chi connectivity index (χ1n) is 11.7. The first-order chi connectivity index (χ1) is 18.9. The van der Waals surface area contributed by atoms with Crippen LogP contribution in [0.15, 0.2) is 24.5 Å². The van der Waals surface area contributed by atoms with E-state index in [4.69, 9.17) is 19.2 Å². The average Bonchev–Trinajstić information content (AvgIpc) is 3.41. The Morgan fingerprint density at radius 1 is 1.24 bits per heavy atom. The number of aryl methyl sites for hydroxylation is 2. The molecule has 18 heteroatoms. The molecule has 0 unspecified atom stereocenters. The number of aromatic nitrogens is 4. The number of alkyl halides is 3. The van der Waals surface area contributed by atoms with Crippen LogP contribution in [0.4, 0.5) is 27.6 Å². The van der Waals surface area contributed by atoms with Crippen LogP contribution in [0.5, 0.6) is 0 Å². The number of anilines is 1. The van der Waals surface area contributed by atoms with Gasteiger partial charge in [-0.15, -0.1) is 0 Å².